The molecule has 3 rings (SSSR count). The minimum Gasteiger partial charge on any atom is -0.398 e. The first-order valence-corrected chi connectivity index (χ1v) is 8.63. The highest BCUT2D eigenvalue weighted by Crippen LogP contribution is 2.47. The van der Waals surface area contributed by atoms with Crippen LogP contribution in [0.2, 0.25) is 5.02 Å². The van der Waals surface area contributed by atoms with Crippen LogP contribution in [0.3, 0.4) is 0 Å². The number of benzene rings is 1. The van der Waals surface area contributed by atoms with Crippen LogP contribution in [0.25, 0.3) is 0 Å². The van der Waals surface area contributed by atoms with Crippen LogP contribution in [0.4, 0.5) is 5.69 Å². The number of hydrogen-bond acceptors (Lipinski definition) is 4. The summed E-state index contributed by atoms with van der Waals surface area (Å²) in [4.78, 5) is 12.7. The van der Waals surface area contributed by atoms with Crippen LogP contribution in [0.5, 0.6) is 0 Å². The molecule has 5 heteroatoms. The number of carbonyl (C=O) groups is 1. The van der Waals surface area contributed by atoms with Crippen molar-refractivity contribution in [1.82, 2.24) is 0 Å². The molecule has 1 heterocycles. The molecule has 1 saturated heterocycles. The van der Waals surface area contributed by atoms with Crippen LogP contribution in [0, 0.1) is 11.8 Å². The van der Waals surface area contributed by atoms with Gasteiger partial charge in [0.25, 0.3) is 0 Å². The normalized spacial score (nSPS) is 32.0. The lowest BCUT2D eigenvalue weighted by atomic mass is 9.93. The topological polar surface area (TPSA) is 61.6 Å². The first-order chi connectivity index (χ1) is 10.8. The summed E-state index contributed by atoms with van der Waals surface area (Å²) in [5.74, 6) is -0.00608. The first-order valence-electron chi connectivity index (χ1n) is 8.25. The Hall–Kier alpha value is -1.10. The number of rotatable bonds is 4. The van der Waals surface area contributed by atoms with Gasteiger partial charge in [-0.15, -0.1) is 0 Å². The fourth-order valence-corrected chi connectivity index (χ4v) is 4.26. The van der Waals surface area contributed by atoms with Crippen molar-refractivity contribution in [3.8, 4) is 0 Å². The molecule has 2 fully saturated rings. The second kappa shape index (κ2) is 6.08. The Kier molecular flexibility index (Phi) is 4.43. The summed E-state index contributed by atoms with van der Waals surface area (Å²) in [6.07, 6.45) is 2.42. The Morgan fingerprint density at radius 1 is 1.30 bits per heavy atom. The van der Waals surface area contributed by atoms with Crippen molar-refractivity contribution < 1.29 is 14.3 Å². The SMILES string of the molecule is CC[C@H]1C[C@@H](CC(=O)c2c(N)cccc2Cl)[C@@H]2OC(C)(C)O[C@H]12. The van der Waals surface area contributed by atoms with Crippen molar-refractivity contribution >= 4 is 23.1 Å². The molecule has 2 aliphatic rings. The molecular weight excluding hydrogens is 314 g/mol. The fraction of sp³-hybridized carbons (Fsp3) is 0.611. The van der Waals surface area contributed by atoms with Crippen LogP contribution in [-0.4, -0.2) is 23.8 Å². The zero-order valence-electron chi connectivity index (χ0n) is 13.8. The summed E-state index contributed by atoms with van der Waals surface area (Å²) in [5.41, 5.74) is 6.81. The Morgan fingerprint density at radius 3 is 2.57 bits per heavy atom. The van der Waals surface area contributed by atoms with E-state index in [1.807, 2.05) is 13.8 Å². The largest absolute Gasteiger partial charge is 0.398 e. The molecule has 23 heavy (non-hydrogen) atoms. The lowest BCUT2D eigenvalue weighted by Crippen LogP contribution is -2.27. The van der Waals surface area contributed by atoms with Crippen LogP contribution < -0.4 is 5.73 Å². The molecule has 2 N–H and O–H groups in total. The minimum absolute atomic E-state index is 0.0121. The van der Waals surface area contributed by atoms with Gasteiger partial charge in [-0.05, 0) is 44.2 Å². The Morgan fingerprint density at radius 2 is 1.96 bits per heavy atom. The lowest BCUT2D eigenvalue weighted by molar-refractivity contribution is -0.161. The molecule has 1 aliphatic heterocycles. The Bertz CT molecular complexity index is 596. The van der Waals surface area contributed by atoms with Gasteiger partial charge in [-0.25, -0.2) is 0 Å². The summed E-state index contributed by atoms with van der Waals surface area (Å²) in [6, 6.07) is 5.17. The zero-order chi connectivity index (χ0) is 16.8. The molecule has 0 bridgehead atoms. The predicted octanol–water partition coefficient (Wildman–Crippen LogP) is 4.06. The van der Waals surface area contributed by atoms with E-state index in [-0.39, 0.29) is 23.9 Å². The Labute approximate surface area is 142 Å². The van der Waals surface area contributed by atoms with E-state index in [9.17, 15) is 4.79 Å². The summed E-state index contributed by atoms with van der Waals surface area (Å²) in [5, 5.41) is 0.417. The number of ether oxygens (including phenoxy) is 2. The van der Waals surface area contributed by atoms with Gasteiger partial charge in [-0.3, -0.25) is 4.79 Å². The minimum atomic E-state index is -0.576. The van der Waals surface area contributed by atoms with E-state index in [1.165, 1.54) is 0 Å². The summed E-state index contributed by atoms with van der Waals surface area (Å²) >= 11 is 6.17. The maximum Gasteiger partial charge on any atom is 0.166 e. The van der Waals surface area contributed by atoms with E-state index in [0.29, 0.717) is 28.6 Å². The molecule has 126 valence electrons. The number of hydrogen-bond donors (Lipinski definition) is 1. The van der Waals surface area contributed by atoms with Crippen molar-refractivity contribution in [3.63, 3.8) is 0 Å². The van der Waals surface area contributed by atoms with Crippen LogP contribution in [0.15, 0.2) is 18.2 Å². The lowest BCUT2D eigenvalue weighted by Gasteiger charge is -2.23. The highest BCUT2D eigenvalue weighted by Gasteiger charge is 2.53. The molecule has 0 spiro atoms. The third-order valence-electron chi connectivity index (χ3n) is 4.99. The predicted molar refractivity (Wildman–Crippen MR) is 90.5 cm³/mol. The highest BCUT2D eigenvalue weighted by molar-refractivity contribution is 6.34. The van der Waals surface area contributed by atoms with E-state index in [4.69, 9.17) is 26.8 Å². The second-order valence-electron chi connectivity index (χ2n) is 7.06. The zero-order valence-corrected chi connectivity index (χ0v) is 14.6. The first kappa shape index (κ1) is 16.7. The number of halogens is 1. The molecule has 4 atom stereocenters. The molecule has 1 aromatic rings. The molecular formula is C18H24ClNO3. The molecule has 1 aliphatic carbocycles. The quantitative estimate of drug-likeness (QED) is 0.664. The van der Waals surface area contributed by atoms with Crippen molar-refractivity contribution in [2.75, 3.05) is 5.73 Å². The average Bonchev–Trinajstić information content (AvgIpc) is 2.93. The van der Waals surface area contributed by atoms with E-state index >= 15 is 0 Å². The van der Waals surface area contributed by atoms with Gasteiger partial charge >= 0.3 is 0 Å². The number of nitrogen functional groups attached to an aromatic ring is 1. The molecule has 0 unspecified atom stereocenters. The van der Waals surface area contributed by atoms with Gasteiger partial charge < -0.3 is 15.2 Å². The molecule has 1 saturated carbocycles. The highest BCUT2D eigenvalue weighted by atomic mass is 35.5. The van der Waals surface area contributed by atoms with Gasteiger partial charge in [0, 0.05) is 12.1 Å². The van der Waals surface area contributed by atoms with E-state index in [1.54, 1.807) is 18.2 Å². The van der Waals surface area contributed by atoms with E-state index in [2.05, 4.69) is 6.92 Å². The molecule has 4 nitrogen and oxygen atoms in total. The summed E-state index contributed by atoms with van der Waals surface area (Å²) < 4.78 is 12.1. The number of ketones is 1. The van der Waals surface area contributed by atoms with Crippen molar-refractivity contribution in [2.45, 2.75) is 58.0 Å². The standard InChI is InChI=1S/C18H24ClNO3/c1-4-10-8-11(17-16(10)22-18(2,3)23-17)9-14(21)15-12(19)6-5-7-13(15)20/h5-7,10-11,16-17H,4,8-9,20H2,1-3H3/t10-,11-,16+,17-/m0/s1. The monoisotopic (exact) mass is 337 g/mol. The van der Waals surface area contributed by atoms with Crippen LogP contribution in [0.1, 0.15) is 50.4 Å². The number of nitrogens with two attached hydrogens (primary N) is 1. The van der Waals surface area contributed by atoms with Crippen LogP contribution in [-0.2, 0) is 9.47 Å². The summed E-state index contributed by atoms with van der Waals surface area (Å²) in [7, 11) is 0. The maximum absolute atomic E-state index is 12.7. The summed E-state index contributed by atoms with van der Waals surface area (Å²) in [6.45, 7) is 6.03. The maximum atomic E-state index is 12.7. The smallest absolute Gasteiger partial charge is 0.166 e. The van der Waals surface area contributed by atoms with Crippen molar-refractivity contribution in [1.29, 1.82) is 0 Å². The molecule has 1 aromatic carbocycles. The average molecular weight is 338 g/mol. The fourth-order valence-electron chi connectivity index (χ4n) is 3.98. The van der Waals surface area contributed by atoms with Crippen molar-refractivity contribution in [2.24, 2.45) is 11.8 Å². The third kappa shape index (κ3) is 3.12. The number of anilines is 1. The van der Waals surface area contributed by atoms with Crippen LogP contribution >= 0.6 is 11.6 Å². The number of carbonyl (C=O) groups excluding carboxylic acids is 1. The molecule has 0 radical (unpaired) electrons. The van der Waals surface area contributed by atoms with Gasteiger partial charge in [0.1, 0.15) is 0 Å². The van der Waals surface area contributed by atoms with Gasteiger partial charge in [-0.2, -0.15) is 0 Å². The van der Waals surface area contributed by atoms with Gasteiger partial charge in [0.15, 0.2) is 11.6 Å². The van der Waals surface area contributed by atoms with E-state index < -0.39 is 5.79 Å². The number of fused-ring (bicyclic) bond motifs is 1. The van der Waals surface area contributed by atoms with E-state index in [0.717, 1.165) is 12.8 Å². The molecule has 0 aromatic heterocycles. The number of Topliss-reactive ketones (excluding diaryl/α,β-unsaturated/α-hetero) is 1. The Balaban J connectivity index is 1.79. The van der Waals surface area contributed by atoms with Crippen molar-refractivity contribution in [3.05, 3.63) is 28.8 Å². The van der Waals surface area contributed by atoms with Gasteiger partial charge in [0.05, 0.1) is 22.8 Å². The molecule has 0 amide bonds. The third-order valence-corrected chi connectivity index (χ3v) is 5.31. The second-order valence-corrected chi connectivity index (χ2v) is 7.47. The van der Waals surface area contributed by atoms with Gasteiger partial charge in [0.2, 0.25) is 0 Å². The van der Waals surface area contributed by atoms with Gasteiger partial charge in [-0.1, -0.05) is 31.0 Å².